The first-order chi connectivity index (χ1) is 7.45. The molecule has 0 fully saturated rings. The number of esters is 1. The molecule has 0 unspecified atom stereocenters. The molecule has 1 rings (SSSR count). The van der Waals surface area contributed by atoms with Crippen LogP contribution in [0.15, 0.2) is 24.3 Å². The second-order valence-corrected chi connectivity index (χ2v) is 4.55. The molecule has 0 saturated carbocycles. The van der Waals surface area contributed by atoms with Crippen LogP contribution in [0.4, 0.5) is 0 Å². The molecule has 0 bridgehead atoms. The summed E-state index contributed by atoms with van der Waals surface area (Å²) in [6.45, 7) is 7.41. The van der Waals surface area contributed by atoms with Crippen LogP contribution >= 0.6 is 0 Å². The van der Waals surface area contributed by atoms with Crippen molar-refractivity contribution in [3.8, 4) is 0 Å². The molecule has 0 N–H and O–H groups in total. The Bertz CT molecular complexity index is 350. The van der Waals surface area contributed by atoms with E-state index in [1.54, 1.807) is 0 Å². The van der Waals surface area contributed by atoms with Gasteiger partial charge in [0.25, 0.3) is 0 Å². The summed E-state index contributed by atoms with van der Waals surface area (Å²) in [7, 11) is 0. The highest BCUT2D eigenvalue weighted by atomic mass is 16.6. The highest BCUT2D eigenvalue weighted by molar-refractivity contribution is 5.66. The number of benzene rings is 1. The topological polar surface area (TPSA) is 26.3 Å². The van der Waals surface area contributed by atoms with Crippen LogP contribution in [-0.4, -0.2) is 5.97 Å². The third-order valence-electron chi connectivity index (χ3n) is 2.59. The second-order valence-electron chi connectivity index (χ2n) is 4.55. The van der Waals surface area contributed by atoms with Crippen molar-refractivity contribution in [3.63, 3.8) is 0 Å². The zero-order chi connectivity index (χ0) is 12.2. The van der Waals surface area contributed by atoms with Crippen LogP contribution in [-0.2, 0) is 21.6 Å². The lowest BCUT2D eigenvalue weighted by molar-refractivity contribution is -0.154. The van der Waals surface area contributed by atoms with E-state index in [4.69, 9.17) is 4.74 Å². The maximum Gasteiger partial charge on any atom is 0.303 e. The van der Waals surface area contributed by atoms with Gasteiger partial charge in [-0.15, -0.1) is 0 Å². The van der Waals surface area contributed by atoms with Crippen molar-refractivity contribution in [3.05, 3.63) is 35.4 Å². The first-order valence-corrected chi connectivity index (χ1v) is 5.74. The molecule has 2 heteroatoms. The number of rotatable bonds is 4. The Kier molecular flexibility index (Phi) is 4.11. The average molecular weight is 220 g/mol. The molecule has 88 valence electrons. The molecular weight excluding hydrogens is 200 g/mol. The number of carbonyl (C=O) groups is 1. The van der Waals surface area contributed by atoms with Gasteiger partial charge in [0.1, 0.15) is 5.60 Å². The Morgan fingerprint density at radius 1 is 1.25 bits per heavy atom. The molecule has 0 heterocycles. The lowest BCUT2D eigenvalue weighted by atomic mass is 9.96. The highest BCUT2D eigenvalue weighted by Gasteiger charge is 2.23. The summed E-state index contributed by atoms with van der Waals surface area (Å²) in [4.78, 5) is 11.0. The maximum absolute atomic E-state index is 11.0. The predicted octanol–water partition coefficient (Wildman–Crippen LogP) is 3.44. The molecule has 0 aliphatic carbocycles. The third kappa shape index (κ3) is 3.37. The molecule has 0 amide bonds. The fourth-order valence-electron chi connectivity index (χ4n) is 1.78. The van der Waals surface area contributed by atoms with Gasteiger partial charge in [0.05, 0.1) is 0 Å². The van der Waals surface area contributed by atoms with Gasteiger partial charge in [-0.25, -0.2) is 0 Å². The van der Waals surface area contributed by atoms with Crippen molar-refractivity contribution in [2.75, 3.05) is 0 Å². The molecule has 0 spiro atoms. The number of hydrogen-bond donors (Lipinski definition) is 0. The zero-order valence-electron chi connectivity index (χ0n) is 10.5. The molecular formula is C14H20O2. The standard InChI is InChI=1S/C14H20O2/c1-5-6-12-7-9-13(10-8-12)14(3,4)16-11(2)15/h7-10H,5-6H2,1-4H3. The zero-order valence-corrected chi connectivity index (χ0v) is 10.5. The minimum Gasteiger partial charge on any atom is -0.455 e. The van der Waals surface area contributed by atoms with E-state index in [1.807, 2.05) is 26.0 Å². The first-order valence-electron chi connectivity index (χ1n) is 5.74. The van der Waals surface area contributed by atoms with E-state index in [0.29, 0.717) is 0 Å². The Morgan fingerprint density at radius 3 is 2.25 bits per heavy atom. The molecule has 2 nitrogen and oxygen atoms in total. The molecule has 16 heavy (non-hydrogen) atoms. The highest BCUT2D eigenvalue weighted by Crippen LogP contribution is 2.25. The molecule has 0 saturated heterocycles. The summed E-state index contributed by atoms with van der Waals surface area (Å²) in [6.07, 6.45) is 2.24. The summed E-state index contributed by atoms with van der Waals surface area (Å²) in [5.74, 6) is -0.248. The van der Waals surface area contributed by atoms with E-state index in [1.165, 1.54) is 12.5 Å². The summed E-state index contributed by atoms with van der Waals surface area (Å²) in [5, 5.41) is 0. The largest absolute Gasteiger partial charge is 0.455 e. The lowest BCUT2D eigenvalue weighted by Gasteiger charge is -2.25. The van der Waals surface area contributed by atoms with E-state index in [-0.39, 0.29) is 5.97 Å². The third-order valence-corrected chi connectivity index (χ3v) is 2.59. The number of carbonyl (C=O) groups excluding carboxylic acids is 1. The Morgan fingerprint density at radius 2 is 1.81 bits per heavy atom. The molecule has 0 aromatic heterocycles. The summed E-state index contributed by atoms with van der Waals surface area (Å²) < 4.78 is 5.28. The smallest absolute Gasteiger partial charge is 0.303 e. The number of ether oxygens (including phenoxy) is 1. The van der Waals surface area contributed by atoms with Gasteiger partial charge in [-0.2, -0.15) is 0 Å². The van der Waals surface area contributed by atoms with E-state index in [0.717, 1.165) is 18.4 Å². The normalized spacial score (nSPS) is 11.2. The van der Waals surface area contributed by atoms with Gasteiger partial charge in [-0.1, -0.05) is 37.6 Å². The van der Waals surface area contributed by atoms with Crippen LogP contribution in [0.25, 0.3) is 0 Å². The lowest BCUT2D eigenvalue weighted by Crippen LogP contribution is -2.24. The van der Waals surface area contributed by atoms with Crippen molar-refractivity contribution in [1.29, 1.82) is 0 Å². The fourth-order valence-corrected chi connectivity index (χ4v) is 1.78. The summed E-state index contributed by atoms with van der Waals surface area (Å²) in [5.41, 5.74) is 1.81. The van der Waals surface area contributed by atoms with Crippen LogP contribution in [0.2, 0.25) is 0 Å². The quantitative estimate of drug-likeness (QED) is 0.726. The Labute approximate surface area is 97.6 Å². The van der Waals surface area contributed by atoms with Gasteiger partial charge in [-0.05, 0) is 31.4 Å². The van der Waals surface area contributed by atoms with Gasteiger partial charge < -0.3 is 4.74 Å². The van der Waals surface area contributed by atoms with Gasteiger partial charge in [0, 0.05) is 6.92 Å². The number of aryl methyl sites for hydroxylation is 1. The summed E-state index contributed by atoms with van der Waals surface area (Å²) >= 11 is 0. The van der Waals surface area contributed by atoms with Crippen LogP contribution in [0, 0.1) is 0 Å². The van der Waals surface area contributed by atoms with Gasteiger partial charge >= 0.3 is 5.97 Å². The number of hydrogen-bond acceptors (Lipinski definition) is 2. The Hall–Kier alpha value is -1.31. The van der Waals surface area contributed by atoms with E-state index in [9.17, 15) is 4.79 Å². The van der Waals surface area contributed by atoms with Gasteiger partial charge in [-0.3, -0.25) is 4.79 Å². The first kappa shape index (κ1) is 12.8. The van der Waals surface area contributed by atoms with Crippen molar-refractivity contribution >= 4 is 5.97 Å². The minimum absolute atomic E-state index is 0.248. The van der Waals surface area contributed by atoms with Crippen molar-refractivity contribution < 1.29 is 9.53 Å². The van der Waals surface area contributed by atoms with Crippen LogP contribution in [0.3, 0.4) is 0 Å². The van der Waals surface area contributed by atoms with Gasteiger partial charge in [0.2, 0.25) is 0 Å². The molecule has 1 aromatic carbocycles. The molecule has 1 aromatic rings. The van der Waals surface area contributed by atoms with E-state index < -0.39 is 5.60 Å². The predicted molar refractivity (Wildman–Crippen MR) is 65.2 cm³/mol. The van der Waals surface area contributed by atoms with Gasteiger partial charge in [0.15, 0.2) is 0 Å². The maximum atomic E-state index is 11.0. The second kappa shape index (κ2) is 5.15. The van der Waals surface area contributed by atoms with Crippen molar-refractivity contribution in [2.24, 2.45) is 0 Å². The molecule has 0 atom stereocenters. The minimum atomic E-state index is -0.545. The van der Waals surface area contributed by atoms with Crippen molar-refractivity contribution in [1.82, 2.24) is 0 Å². The van der Waals surface area contributed by atoms with Crippen LogP contribution in [0.1, 0.15) is 45.2 Å². The SMILES string of the molecule is CCCc1ccc(C(C)(C)OC(C)=O)cc1. The molecule has 0 aliphatic rings. The molecule has 0 aliphatic heterocycles. The average Bonchev–Trinajstić information content (AvgIpc) is 2.17. The fraction of sp³-hybridized carbons (Fsp3) is 0.500. The molecule has 0 radical (unpaired) electrons. The van der Waals surface area contributed by atoms with E-state index >= 15 is 0 Å². The summed E-state index contributed by atoms with van der Waals surface area (Å²) in [6, 6.07) is 8.27. The van der Waals surface area contributed by atoms with E-state index in [2.05, 4.69) is 19.1 Å². The monoisotopic (exact) mass is 220 g/mol. The van der Waals surface area contributed by atoms with Crippen LogP contribution < -0.4 is 0 Å². The van der Waals surface area contributed by atoms with Crippen molar-refractivity contribution in [2.45, 2.75) is 46.1 Å². The van der Waals surface area contributed by atoms with Crippen LogP contribution in [0.5, 0.6) is 0 Å². The Balaban J connectivity index is 2.83.